The van der Waals surface area contributed by atoms with E-state index in [1.54, 1.807) is 0 Å². The Morgan fingerprint density at radius 1 is 1.00 bits per heavy atom. The smallest absolute Gasteiger partial charge is 0.141 e. The monoisotopic (exact) mass is 368 g/mol. The molecule has 4 aromatic rings. The van der Waals surface area contributed by atoms with Crippen LogP contribution in [0.2, 0.25) is 0 Å². The number of rotatable bonds is 7. The van der Waals surface area contributed by atoms with Crippen molar-refractivity contribution in [3.05, 3.63) is 96.6 Å². The number of hydrogen-bond donors (Lipinski definition) is 0. The lowest BCUT2D eigenvalue weighted by atomic mass is 10.1. The van der Waals surface area contributed by atoms with E-state index in [0.29, 0.717) is 6.61 Å². The van der Waals surface area contributed by atoms with Gasteiger partial charge in [0.05, 0.1) is 17.6 Å². The molecular weight excluding hydrogens is 344 g/mol. The van der Waals surface area contributed by atoms with Crippen molar-refractivity contribution >= 4 is 11.0 Å². The zero-order valence-electron chi connectivity index (χ0n) is 16.1. The van der Waals surface area contributed by atoms with Crippen LogP contribution in [0.1, 0.15) is 11.1 Å². The molecule has 0 saturated carbocycles. The summed E-state index contributed by atoms with van der Waals surface area (Å²) in [6, 6.07) is 24.9. The quantitative estimate of drug-likeness (QED) is 0.384. The minimum absolute atomic E-state index is 0.577. The van der Waals surface area contributed by atoms with Gasteiger partial charge in [0.2, 0.25) is 0 Å². The summed E-state index contributed by atoms with van der Waals surface area (Å²) in [5.74, 6) is 1.90. The van der Waals surface area contributed by atoms with Crippen LogP contribution in [0.5, 0.6) is 5.75 Å². The number of aryl methyl sites for hydroxylation is 1. The van der Waals surface area contributed by atoms with Gasteiger partial charge in [0.1, 0.15) is 18.2 Å². The Hall–Kier alpha value is -3.33. The van der Waals surface area contributed by atoms with Gasteiger partial charge in [-0.3, -0.25) is 0 Å². The summed E-state index contributed by atoms with van der Waals surface area (Å²) in [6.07, 6.45) is 2.71. The molecule has 1 aromatic heterocycles. The Morgan fingerprint density at radius 3 is 2.68 bits per heavy atom. The lowest BCUT2D eigenvalue weighted by Gasteiger charge is -2.13. The molecule has 4 rings (SSSR count). The molecule has 0 saturated heterocycles. The van der Waals surface area contributed by atoms with Gasteiger partial charge in [-0.15, -0.1) is 6.58 Å². The zero-order chi connectivity index (χ0) is 19.3. The van der Waals surface area contributed by atoms with Crippen LogP contribution in [0.15, 0.2) is 85.5 Å². The Kier molecular flexibility index (Phi) is 5.24. The highest BCUT2D eigenvalue weighted by Gasteiger charge is 2.13. The van der Waals surface area contributed by atoms with Crippen LogP contribution >= 0.6 is 0 Å². The van der Waals surface area contributed by atoms with Crippen molar-refractivity contribution < 1.29 is 4.74 Å². The Labute approximate surface area is 165 Å². The molecule has 140 valence electrons. The average molecular weight is 368 g/mol. The number of imidazole rings is 1. The third-order valence-electron chi connectivity index (χ3n) is 4.84. The number of hydrogen-bond acceptors (Lipinski definition) is 2. The molecule has 0 bridgehead atoms. The molecule has 28 heavy (non-hydrogen) atoms. The second kappa shape index (κ2) is 8.13. The van der Waals surface area contributed by atoms with Crippen molar-refractivity contribution in [1.29, 1.82) is 0 Å². The molecule has 0 spiro atoms. The summed E-state index contributed by atoms with van der Waals surface area (Å²) in [6.45, 7) is 7.25. The predicted octanol–water partition coefficient (Wildman–Crippen LogP) is 5.82. The molecule has 3 aromatic carbocycles. The summed E-state index contributed by atoms with van der Waals surface area (Å²) in [5, 5.41) is 0. The summed E-state index contributed by atoms with van der Waals surface area (Å²) >= 11 is 0. The minimum Gasteiger partial charge on any atom is -0.491 e. The number of nitrogens with zero attached hydrogens (tertiary/aromatic N) is 2. The van der Waals surface area contributed by atoms with Crippen molar-refractivity contribution in [3.8, 4) is 17.1 Å². The van der Waals surface area contributed by atoms with Crippen molar-refractivity contribution in [2.45, 2.75) is 19.9 Å². The van der Waals surface area contributed by atoms with Crippen LogP contribution < -0.4 is 4.74 Å². The van der Waals surface area contributed by atoms with Gasteiger partial charge in [0.25, 0.3) is 0 Å². The maximum atomic E-state index is 6.13. The molecule has 3 heteroatoms. The maximum absolute atomic E-state index is 6.13. The van der Waals surface area contributed by atoms with Crippen LogP contribution in [0.25, 0.3) is 22.4 Å². The van der Waals surface area contributed by atoms with Gasteiger partial charge in [-0.1, -0.05) is 60.2 Å². The van der Waals surface area contributed by atoms with E-state index in [4.69, 9.17) is 9.72 Å². The van der Waals surface area contributed by atoms with E-state index < -0.39 is 0 Å². The van der Waals surface area contributed by atoms with E-state index in [0.717, 1.165) is 46.7 Å². The van der Waals surface area contributed by atoms with Gasteiger partial charge in [-0.05, 0) is 43.2 Å². The van der Waals surface area contributed by atoms with Crippen LogP contribution in [0.4, 0.5) is 0 Å². The van der Waals surface area contributed by atoms with Crippen LogP contribution in [0, 0.1) is 6.92 Å². The van der Waals surface area contributed by atoms with Crippen molar-refractivity contribution in [1.82, 2.24) is 9.55 Å². The average Bonchev–Trinajstić information content (AvgIpc) is 3.08. The fourth-order valence-corrected chi connectivity index (χ4v) is 3.52. The summed E-state index contributed by atoms with van der Waals surface area (Å²) < 4.78 is 8.38. The van der Waals surface area contributed by atoms with Gasteiger partial charge < -0.3 is 9.30 Å². The highest BCUT2D eigenvalue weighted by Crippen LogP contribution is 2.26. The van der Waals surface area contributed by atoms with Gasteiger partial charge in [-0.25, -0.2) is 4.98 Å². The highest BCUT2D eigenvalue weighted by atomic mass is 16.5. The van der Waals surface area contributed by atoms with E-state index in [1.807, 2.05) is 30.3 Å². The molecule has 0 aliphatic heterocycles. The van der Waals surface area contributed by atoms with E-state index in [1.165, 1.54) is 5.56 Å². The van der Waals surface area contributed by atoms with E-state index >= 15 is 0 Å². The van der Waals surface area contributed by atoms with Crippen LogP contribution in [-0.4, -0.2) is 16.2 Å². The Balaban J connectivity index is 1.63. The number of para-hydroxylation sites is 3. The molecule has 0 aliphatic rings. The topological polar surface area (TPSA) is 27.1 Å². The molecular formula is C25H24N2O. The lowest BCUT2D eigenvalue weighted by Crippen LogP contribution is -2.10. The van der Waals surface area contributed by atoms with Crippen molar-refractivity contribution in [3.63, 3.8) is 0 Å². The van der Waals surface area contributed by atoms with Gasteiger partial charge >= 0.3 is 0 Å². The zero-order valence-corrected chi connectivity index (χ0v) is 16.1. The van der Waals surface area contributed by atoms with Crippen LogP contribution in [-0.2, 0) is 13.0 Å². The standard InChI is InChI=1S/C25H24N2O/c1-3-9-20-11-4-7-15-24(20)28-17-16-27-23-14-6-5-13-22(23)26-25(27)21-12-8-10-19(2)18-21/h3-8,10-15,18H,1,9,16-17H2,2H3. The Bertz CT molecular complexity index is 1110. The lowest BCUT2D eigenvalue weighted by molar-refractivity contribution is 0.298. The fourth-order valence-electron chi connectivity index (χ4n) is 3.52. The maximum Gasteiger partial charge on any atom is 0.141 e. The second-order valence-corrected chi connectivity index (χ2v) is 6.89. The van der Waals surface area contributed by atoms with E-state index in [-0.39, 0.29) is 0 Å². The minimum atomic E-state index is 0.577. The van der Waals surface area contributed by atoms with E-state index in [2.05, 4.69) is 66.6 Å². The van der Waals surface area contributed by atoms with Gasteiger partial charge in [-0.2, -0.15) is 0 Å². The number of ether oxygens (including phenoxy) is 1. The third kappa shape index (κ3) is 3.70. The molecule has 0 aliphatic carbocycles. The largest absolute Gasteiger partial charge is 0.491 e. The Morgan fingerprint density at radius 2 is 1.82 bits per heavy atom. The summed E-state index contributed by atoms with van der Waals surface area (Å²) in [5.41, 5.74) is 5.65. The normalized spacial score (nSPS) is 10.9. The molecule has 1 heterocycles. The third-order valence-corrected chi connectivity index (χ3v) is 4.84. The number of allylic oxidation sites excluding steroid dienone is 1. The van der Waals surface area contributed by atoms with Crippen LogP contribution in [0.3, 0.4) is 0 Å². The first-order valence-corrected chi connectivity index (χ1v) is 9.60. The van der Waals surface area contributed by atoms with E-state index in [9.17, 15) is 0 Å². The first-order chi connectivity index (χ1) is 13.8. The molecule has 0 N–H and O–H groups in total. The van der Waals surface area contributed by atoms with Crippen molar-refractivity contribution in [2.24, 2.45) is 0 Å². The SMILES string of the molecule is C=CCc1ccccc1OCCn1c(-c2cccc(C)c2)nc2ccccc21. The molecule has 0 radical (unpaired) electrons. The first kappa shape index (κ1) is 18.1. The number of fused-ring (bicyclic) bond motifs is 1. The highest BCUT2D eigenvalue weighted by molar-refractivity contribution is 5.80. The molecule has 0 fully saturated rings. The number of aromatic nitrogens is 2. The molecule has 0 unspecified atom stereocenters. The van der Waals surface area contributed by atoms with Gasteiger partial charge in [0.15, 0.2) is 0 Å². The van der Waals surface area contributed by atoms with Crippen molar-refractivity contribution in [2.75, 3.05) is 6.61 Å². The summed E-state index contributed by atoms with van der Waals surface area (Å²) in [7, 11) is 0. The summed E-state index contributed by atoms with van der Waals surface area (Å²) in [4.78, 5) is 4.89. The van der Waals surface area contributed by atoms with Gasteiger partial charge in [0, 0.05) is 5.56 Å². The first-order valence-electron chi connectivity index (χ1n) is 9.60. The molecule has 0 amide bonds. The molecule has 0 atom stereocenters. The predicted molar refractivity (Wildman–Crippen MR) is 116 cm³/mol. The fraction of sp³-hybridized carbons (Fsp3) is 0.160. The second-order valence-electron chi connectivity index (χ2n) is 6.89. The number of benzene rings is 3. The molecule has 3 nitrogen and oxygen atoms in total.